The SMILES string of the molecule is CC(C)(C)CC(=O)NC(=O)c1ccc2[nH]ccc2c1. The van der Waals surface area contributed by atoms with Crippen molar-refractivity contribution in [1.29, 1.82) is 0 Å². The summed E-state index contributed by atoms with van der Waals surface area (Å²) in [6, 6.07) is 7.20. The highest BCUT2D eigenvalue weighted by Gasteiger charge is 2.18. The number of nitrogens with one attached hydrogen (secondary N) is 2. The molecule has 0 radical (unpaired) electrons. The fourth-order valence-corrected chi connectivity index (χ4v) is 1.92. The van der Waals surface area contributed by atoms with E-state index in [-0.39, 0.29) is 17.2 Å². The zero-order valence-electron chi connectivity index (χ0n) is 11.4. The van der Waals surface area contributed by atoms with Crippen LogP contribution in [0.25, 0.3) is 10.9 Å². The lowest BCUT2D eigenvalue weighted by Gasteiger charge is -2.16. The van der Waals surface area contributed by atoms with Crippen LogP contribution in [0.4, 0.5) is 0 Å². The Bertz CT molecular complexity index is 620. The Morgan fingerprint density at radius 2 is 1.95 bits per heavy atom. The fourth-order valence-electron chi connectivity index (χ4n) is 1.92. The van der Waals surface area contributed by atoms with Gasteiger partial charge in [-0.1, -0.05) is 20.8 Å². The molecule has 0 saturated carbocycles. The van der Waals surface area contributed by atoms with E-state index in [1.807, 2.05) is 39.1 Å². The topological polar surface area (TPSA) is 62.0 Å². The molecule has 0 aliphatic rings. The van der Waals surface area contributed by atoms with Crippen LogP contribution in [-0.4, -0.2) is 16.8 Å². The molecule has 1 aromatic carbocycles. The highest BCUT2D eigenvalue weighted by molar-refractivity contribution is 6.06. The Labute approximate surface area is 112 Å². The summed E-state index contributed by atoms with van der Waals surface area (Å²) in [6.07, 6.45) is 2.14. The minimum atomic E-state index is -0.350. The van der Waals surface area contributed by atoms with Gasteiger partial charge in [-0.2, -0.15) is 0 Å². The number of H-pyrrole nitrogens is 1. The summed E-state index contributed by atoms with van der Waals surface area (Å²) >= 11 is 0. The van der Waals surface area contributed by atoms with Crippen LogP contribution in [0, 0.1) is 5.41 Å². The molecule has 0 aliphatic heterocycles. The second kappa shape index (κ2) is 4.88. The van der Waals surface area contributed by atoms with Crippen LogP contribution >= 0.6 is 0 Å². The van der Waals surface area contributed by atoms with E-state index in [0.717, 1.165) is 10.9 Å². The van der Waals surface area contributed by atoms with Gasteiger partial charge in [-0.15, -0.1) is 0 Å². The number of benzene rings is 1. The summed E-state index contributed by atoms with van der Waals surface area (Å²) in [5, 5.41) is 3.38. The molecule has 4 heteroatoms. The molecule has 2 aromatic rings. The van der Waals surface area contributed by atoms with Crippen LogP contribution in [0.5, 0.6) is 0 Å². The molecular formula is C15H18N2O2. The van der Waals surface area contributed by atoms with E-state index in [1.54, 1.807) is 12.1 Å². The molecule has 19 heavy (non-hydrogen) atoms. The lowest BCUT2D eigenvalue weighted by atomic mass is 9.92. The zero-order valence-corrected chi connectivity index (χ0v) is 11.4. The Morgan fingerprint density at radius 1 is 1.21 bits per heavy atom. The number of carbonyl (C=O) groups excluding carboxylic acids is 2. The summed E-state index contributed by atoms with van der Waals surface area (Å²) in [5.41, 5.74) is 1.33. The first-order chi connectivity index (χ1) is 8.85. The average Bonchev–Trinajstić information content (AvgIpc) is 2.72. The maximum atomic E-state index is 12.0. The van der Waals surface area contributed by atoms with Crippen LogP contribution in [0.3, 0.4) is 0 Å². The number of rotatable bonds is 2. The van der Waals surface area contributed by atoms with Crippen LogP contribution in [0.2, 0.25) is 0 Å². The molecule has 0 aliphatic carbocycles. The molecule has 2 N–H and O–H groups in total. The van der Waals surface area contributed by atoms with Crippen molar-refractivity contribution in [2.45, 2.75) is 27.2 Å². The van der Waals surface area contributed by atoms with Crippen LogP contribution in [-0.2, 0) is 4.79 Å². The van der Waals surface area contributed by atoms with Crippen molar-refractivity contribution >= 4 is 22.7 Å². The van der Waals surface area contributed by atoms with Gasteiger partial charge in [-0.05, 0) is 29.7 Å². The van der Waals surface area contributed by atoms with Crippen LogP contribution in [0.15, 0.2) is 30.5 Å². The first kappa shape index (κ1) is 13.3. The van der Waals surface area contributed by atoms with E-state index < -0.39 is 0 Å². The van der Waals surface area contributed by atoms with Crippen molar-refractivity contribution in [2.75, 3.05) is 0 Å². The van der Waals surface area contributed by atoms with Gasteiger partial charge in [0.1, 0.15) is 0 Å². The first-order valence-corrected chi connectivity index (χ1v) is 6.26. The smallest absolute Gasteiger partial charge is 0.257 e. The number of hydrogen-bond acceptors (Lipinski definition) is 2. The molecule has 2 rings (SSSR count). The zero-order chi connectivity index (χ0) is 14.0. The third kappa shape index (κ3) is 3.44. The van der Waals surface area contributed by atoms with Crippen molar-refractivity contribution in [3.63, 3.8) is 0 Å². The predicted molar refractivity (Wildman–Crippen MR) is 74.8 cm³/mol. The van der Waals surface area contributed by atoms with Gasteiger partial charge in [0, 0.05) is 29.1 Å². The van der Waals surface area contributed by atoms with Crippen molar-refractivity contribution < 1.29 is 9.59 Å². The minimum Gasteiger partial charge on any atom is -0.361 e. The largest absolute Gasteiger partial charge is 0.361 e. The fraction of sp³-hybridized carbons (Fsp3) is 0.333. The number of fused-ring (bicyclic) bond motifs is 1. The van der Waals surface area contributed by atoms with Crippen molar-refractivity contribution in [1.82, 2.24) is 10.3 Å². The maximum absolute atomic E-state index is 12.0. The number of hydrogen-bond donors (Lipinski definition) is 2. The molecule has 1 heterocycles. The quantitative estimate of drug-likeness (QED) is 0.870. The summed E-state index contributed by atoms with van der Waals surface area (Å²) in [6.45, 7) is 5.88. The molecule has 0 saturated heterocycles. The number of aromatic amines is 1. The Balaban J connectivity index is 2.09. The van der Waals surface area contributed by atoms with Gasteiger partial charge in [-0.3, -0.25) is 14.9 Å². The van der Waals surface area contributed by atoms with E-state index in [4.69, 9.17) is 0 Å². The number of carbonyl (C=O) groups is 2. The maximum Gasteiger partial charge on any atom is 0.257 e. The van der Waals surface area contributed by atoms with E-state index in [0.29, 0.717) is 12.0 Å². The summed E-state index contributed by atoms with van der Waals surface area (Å²) in [5.74, 6) is -0.594. The van der Waals surface area contributed by atoms with E-state index in [1.165, 1.54) is 0 Å². The van der Waals surface area contributed by atoms with Gasteiger partial charge in [0.15, 0.2) is 0 Å². The monoisotopic (exact) mass is 258 g/mol. The molecule has 0 unspecified atom stereocenters. The third-order valence-corrected chi connectivity index (χ3v) is 2.76. The van der Waals surface area contributed by atoms with Crippen LogP contribution < -0.4 is 5.32 Å². The van der Waals surface area contributed by atoms with Crippen molar-refractivity contribution in [3.05, 3.63) is 36.0 Å². The molecular weight excluding hydrogens is 240 g/mol. The van der Waals surface area contributed by atoms with Crippen LogP contribution in [0.1, 0.15) is 37.6 Å². The average molecular weight is 258 g/mol. The highest BCUT2D eigenvalue weighted by atomic mass is 16.2. The third-order valence-electron chi connectivity index (χ3n) is 2.76. The molecule has 0 bridgehead atoms. The Kier molecular flexibility index (Phi) is 3.42. The first-order valence-electron chi connectivity index (χ1n) is 6.26. The Hall–Kier alpha value is -2.10. The second-order valence-corrected chi connectivity index (χ2v) is 5.89. The molecule has 0 fully saturated rings. The summed E-state index contributed by atoms with van der Waals surface area (Å²) in [7, 11) is 0. The van der Waals surface area contributed by atoms with Crippen molar-refractivity contribution in [3.8, 4) is 0 Å². The van der Waals surface area contributed by atoms with E-state index in [2.05, 4.69) is 10.3 Å². The summed E-state index contributed by atoms with van der Waals surface area (Å²) in [4.78, 5) is 26.7. The molecule has 100 valence electrons. The van der Waals surface area contributed by atoms with E-state index in [9.17, 15) is 9.59 Å². The molecule has 1 aromatic heterocycles. The molecule has 2 amide bonds. The lowest BCUT2D eigenvalue weighted by Crippen LogP contribution is -2.33. The summed E-state index contributed by atoms with van der Waals surface area (Å²) < 4.78 is 0. The van der Waals surface area contributed by atoms with Gasteiger partial charge in [0.2, 0.25) is 5.91 Å². The van der Waals surface area contributed by atoms with Gasteiger partial charge < -0.3 is 4.98 Å². The lowest BCUT2D eigenvalue weighted by molar-refractivity contribution is -0.121. The molecule has 0 spiro atoms. The molecule has 0 atom stereocenters. The highest BCUT2D eigenvalue weighted by Crippen LogP contribution is 2.18. The second-order valence-electron chi connectivity index (χ2n) is 5.89. The molecule has 4 nitrogen and oxygen atoms in total. The minimum absolute atomic E-state index is 0.130. The number of amides is 2. The Morgan fingerprint density at radius 3 is 2.63 bits per heavy atom. The van der Waals surface area contributed by atoms with Gasteiger partial charge in [-0.25, -0.2) is 0 Å². The van der Waals surface area contributed by atoms with Crippen molar-refractivity contribution in [2.24, 2.45) is 5.41 Å². The number of aromatic nitrogens is 1. The predicted octanol–water partition coefficient (Wildman–Crippen LogP) is 2.86. The standard InChI is InChI=1S/C15H18N2O2/c1-15(2,3)9-13(18)17-14(19)11-4-5-12-10(8-11)6-7-16-12/h4-8,16H,9H2,1-3H3,(H,17,18,19). The van der Waals surface area contributed by atoms with Gasteiger partial charge in [0.05, 0.1) is 0 Å². The number of imide groups is 1. The normalized spacial score (nSPS) is 11.5. The van der Waals surface area contributed by atoms with Gasteiger partial charge >= 0.3 is 0 Å². The van der Waals surface area contributed by atoms with E-state index >= 15 is 0 Å². The van der Waals surface area contributed by atoms with Gasteiger partial charge in [0.25, 0.3) is 5.91 Å².